The lowest BCUT2D eigenvalue weighted by atomic mass is 9.97. The minimum absolute atomic E-state index is 0.0180. The summed E-state index contributed by atoms with van der Waals surface area (Å²) in [6.45, 7) is 0.608. The number of ether oxygens (including phenoxy) is 2. The van der Waals surface area contributed by atoms with E-state index in [1.165, 1.54) is 23.3 Å². The molecule has 1 N–H and O–H groups in total. The second kappa shape index (κ2) is 8.35. The van der Waals surface area contributed by atoms with Gasteiger partial charge in [-0.3, -0.25) is 4.79 Å². The summed E-state index contributed by atoms with van der Waals surface area (Å²) in [5, 5.41) is 0.825. The summed E-state index contributed by atoms with van der Waals surface area (Å²) in [6.07, 6.45) is 4.48. The number of aromatic amines is 1. The number of methoxy groups -OCH3 is 1. The topological polar surface area (TPSA) is 64.2 Å². The smallest absolute Gasteiger partial charge is 0.259 e. The van der Waals surface area contributed by atoms with Crippen LogP contribution in [0.3, 0.4) is 0 Å². The minimum atomic E-state index is 0.0180. The van der Waals surface area contributed by atoms with E-state index in [-0.39, 0.29) is 5.56 Å². The Morgan fingerprint density at radius 2 is 1.96 bits per heavy atom. The van der Waals surface area contributed by atoms with Crippen molar-refractivity contribution >= 4 is 33.3 Å². The molecule has 0 saturated carbocycles. The molecule has 1 aliphatic carbocycles. The average molecular weight is 403 g/mol. The monoisotopic (exact) mass is 402 g/mol. The van der Waals surface area contributed by atoms with E-state index in [9.17, 15) is 4.79 Å². The molecule has 0 saturated heterocycles. The van der Waals surface area contributed by atoms with Crippen molar-refractivity contribution in [3.63, 3.8) is 0 Å². The highest BCUT2D eigenvalue weighted by molar-refractivity contribution is 7.98. The van der Waals surface area contributed by atoms with Gasteiger partial charge in [0.15, 0.2) is 0 Å². The van der Waals surface area contributed by atoms with Crippen LogP contribution in [0.2, 0.25) is 0 Å². The summed E-state index contributed by atoms with van der Waals surface area (Å²) in [6, 6.07) is 7.56. The number of thioether (sulfide) groups is 1. The number of hydrogen-bond donors (Lipinski definition) is 1. The van der Waals surface area contributed by atoms with Crippen molar-refractivity contribution in [1.82, 2.24) is 9.97 Å². The number of hydrogen-bond acceptors (Lipinski definition) is 6. The fourth-order valence-electron chi connectivity index (χ4n) is 3.34. The number of thiophene rings is 1. The lowest BCUT2D eigenvalue weighted by molar-refractivity contribution is 0.342. The summed E-state index contributed by atoms with van der Waals surface area (Å²) in [4.78, 5) is 22.5. The number of rotatable bonds is 7. The average Bonchev–Trinajstić information content (AvgIpc) is 3.07. The third kappa shape index (κ3) is 4.14. The van der Waals surface area contributed by atoms with Gasteiger partial charge in [-0.05, 0) is 55.5 Å². The fourth-order valence-corrected chi connectivity index (χ4v) is 5.29. The molecular formula is C20H22N2O3S2. The van der Waals surface area contributed by atoms with Crippen molar-refractivity contribution in [3.05, 3.63) is 50.9 Å². The lowest BCUT2D eigenvalue weighted by Crippen LogP contribution is -2.12. The first-order valence-corrected chi connectivity index (χ1v) is 11.1. The highest BCUT2D eigenvalue weighted by atomic mass is 32.2. The van der Waals surface area contributed by atoms with E-state index in [2.05, 4.69) is 4.98 Å². The summed E-state index contributed by atoms with van der Waals surface area (Å²) in [7, 11) is 1.65. The standard InChI is InChI=1S/C20H22N2O3S2/c1-24-13-6-8-14(9-7-13)25-10-11-26-12-17-21-19(23)18-15-4-2-3-5-16(15)27-20(18)22-17/h6-9H,2-5,10-12H2,1H3,(H,21,22,23). The SMILES string of the molecule is COc1ccc(OCCSCc2nc3sc4c(c3c(=O)[nH]2)CCCC4)cc1. The van der Waals surface area contributed by atoms with E-state index in [0.29, 0.717) is 12.4 Å². The molecule has 5 nitrogen and oxygen atoms in total. The van der Waals surface area contributed by atoms with Gasteiger partial charge in [0, 0.05) is 10.6 Å². The molecule has 27 heavy (non-hydrogen) atoms. The van der Waals surface area contributed by atoms with Gasteiger partial charge < -0.3 is 14.5 Å². The molecule has 2 aromatic heterocycles. The highest BCUT2D eigenvalue weighted by Gasteiger charge is 2.19. The van der Waals surface area contributed by atoms with Crippen molar-refractivity contribution in [3.8, 4) is 11.5 Å². The van der Waals surface area contributed by atoms with Gasteiger partial charge in [-0.15, -0.1) is 11.3 Å². The van der Waals surface area contributed by atoms with Crippen LogP contribution < -0.4 is 15.0 Å². The van der Waals surface area contributed by atoms with E-state index in [4.69, 9.17) is 14.5 Å². The molecule has 0 fully saturated rings. The van der Waals surface area contributed by atoms with Gasteiger partial charge >= 0.3 is 0 Å². The number of fused-ring (bicyclic) bond motifs is 3. The van der Waals surface area contributed by atoms with E-state index in [1.54, 1.807) is 30.2 Å². The molecule has 7 heteroatoms. The molecule has 0 unspecified atom stereocenters. The molecule has 0 aliphatic heterocycles. The molecule has 1 aromatic carbocycles. The van der Waals surface area contributed by atoms with Gasteiger partial charge in [0.25, 0.3) is 5.56 Å². The maximum Gasteiger partial charge on any atom is 0.259 e. The number of benzene rings is 1. The van der Waals surface area contributed by atoms with Gasteiger partial charge in [-0.2, -0.15) is 11.8 Å². The second-order valence-corrected chi connectivity index (χ2v) is 8.67. The first kappa shape index (κ1) is 18.4. The van der Waals surface area contributed by atoms with Crippen LogP contribution >= 0.6 is 23.1 Å². The molecule has 3 aromatic rings. The maximum atomic E-state index is 12.5. The Hall–Kier alpha value is -1.99. The van der Waals surface area contributed by atoms with E-state index < -0.39 is 0 Å². The van der Waals surface area contributed by atoms with Crippen LogP contribution in [0.5, 0.6) is 11.5 Å². The predicted octanol–water partition coefficient (Wildman–Crippen LogP) is 4.18. The predicted molar refractivity (Wildman–Crippen MR) is 112 cm³/mol. The molecule has 4 rings (SSSR count). The summed E-state index contributed by atoms with van der Waals surface area (Å²) >= 11 is 3.40. The number of H-pyrrole nitrogens is 1. The van der Waals surface area contributed by atoms with Gasteiger partial charge in [0.05, 0.1) is 24.9 Å². The van der Waals surface area contributed by atoms with Crippen molar-refractivity contribution < 1.29 is 9.47 Å². The first-order chi connectivity index (χ1) is 13.2. The number of nitrogens with zero attached hydrogens (tertiary/aromatic N) is 1. The molecule has 0 bridgehead atoms. The van der Waals surface area contributed by atoms with Crippen LogP contribution in [-0.2, 0) is 18.6 Å². The van der Waals surface area contributed by atoms with Gasteiger partial charge in [0.1, 0.15) is 22.2 Å². The van der Waals surface area contributed by atoms with E-state index >= 15 is 0 Å². The largest absolute Gasteiger partial charge is 0.497 e. The lowest BCUT2D eigenvalue weighted by Gasteiger charge is -2.09. The summed E-state index contributed by atoms with van der Waals surface area (Å²) in [5.41, 5.74) is 1.26. The van der Waals surface area contributed by atoms with Crippen molar-refractivity contribution in [2.75, 3.05) is 19.5 Å². The molecule has 0 spiro atoms. The number of nitrogens with one attached hydrogen (secondary N) is 1. The quantitative estimate of drug-likeness (QED) is 0.601. The fraction of sp³-hybridized carbons (Fsp3) is 0.400. The Bertz CT molecular complexity index is 979. The van der Waals surface area contributed by atoms with Crippen LogP contribution in [0.25, 0.3) is 10.2 Å². The van der Waals surface area contributed by atoms with Crippen molar-refractivity contribution in [1.29, 1.82) is 0 Å². The van der Waals surface area contributed by atoms with Crippen LogP contribution in [0, 0.1) is 0 Å². The van der Waals surface area contributed by atoms with Crippen LogP contribution in [0.4, 0.5) is 0 Å². The molecule has 2 heterocycles. The Balaban J connectivity index is 1.33. The summed E-state index contributed by atoms with van der Waals surface area (Å²) < 4.78 is 10.9. The first-order valence-electron chi connectivity index (χ1n) is 9.12. The Labute approximate surface area is 166 Å². The third-order valence-corrected chi connectivity index (χ3v) is 6.79. The zero-order chi connectivity index (χ0) is 18.6. The summed E-state index contributed by atoms with van der Waals surface area (Å²) in [5.74, 6) is 3.90. The molecular weight excluding hydrogens is 380 g/mol. The second-order valence-electron chi connectivity index (χ2n) is 6.48. The molecule has 142 valence electrons. The van der Waals surface area contributed by atoms with Gasteiger partial charge in [-0.1, -0.05) is 0 Å². The Kier molecular flexibility index (Phi) is 5.69. The molecule has 0 atom stereocenters. The maximum absolute atomic E-state index is 12.5. The third-order valence-electron chi connectivity index (χ3n) is 4.67. The van der Waals surface area contributed by atoms with Gasteiger partial charge in [-0.25, -0.2) is 4.98 Å². The van der Waals surface area contributed by atoms with Crippen molar-refractivity contribution in [2.24, 2.45) is 0 Å². The van der Waals surface area contributed by atoms with Crippen LogP contribution in [0.15, 0.2) is 29.1 Å². The zero-order valence-electron chi connectivity index (χ0n) is 15.2. The molecule has 0 amide bonds. The Morgan fingerprint density at radius 3 is 2.78 bits per heavy atom. The normalized spacial score (nSPS) is 13.5. The van der Waals surface area contributed by atoms with Crippen LogP contribution in [0.1, 0.15) is 29.1 Å². The number of aryl methyl sites for hydroxylation is 2. The Morgan fingerprint density at radius 1 is 1.19 bits per heavy atom. The zero-order valence-corrected chi connectivity index (χ0v) is 16.9. The number of aromatic nitrogens is 2. The highest BCUT2D eigenvalue weighted by Crippen LogP contribution is 2.33. The van der Waals surface area contributed by atoms with E-state index in [1.807, 2.05) is 24.3 Å². The van der Waals surface area contributed by atoms with Crippen LogP contribution in [-0.4, -0.2) is 29.4 Å². The molecule has 1 aliphatic rings. The van der Waals surface area contributed by atoms with Crippen molar-refractivity contribution in [2.45, 2.75) is 31.4 Å². The molecule has 0 radical (unpaired) electrons. The van der Waals surface area contributed by atoms with Gasteiger partial charge in [0.2, 0.25) is 0 Å². The minimum Gasteiger partial charge on any atom is -0.497 e. The van der Waals surface area contributed by atoms with E-state index in [0.717, 1.165) is 46.1 Å².